The number of aliphatic hydroxyl groups is 2. The van der Waals surface area contributed by atoms with Crippen LogP contribution in [0.4, 0.5) is 19.0 Å². The quantitative estimate of drug-likeness (QED) is 0.563. The van der Waals surface area contributed by atoms with Gasteiger partial charge < -0.3 is 20.4 Å². The molecule has 182 valence electrons. The van der Waals surface area contributed by atoms with Crippen molar-refractivity contribution in [2.75, 3.05) is 12.4 Å². The van der Waals surface area contributed by atoms with Crippen LogP contribution in [-0.4, -0.2) is 67.9 Å². The van der Waals surface area contributed by atoms with Crippen LogP contribution < -0.4 is 5.32 Å². The number of hydrogen-bond donors (Lipinski definition) is 3. The molecule has 1 aromatic carbocycles. The molecule has 1 aliphatic carbocycles. The highest BCUT2D eigenvalue weighted by Gasteiger charge is 2.36. The number of aromatic nitrogens is 2. The first-order valence-electron chi connectivity index (χ1n) is 11.0. The summed E-state index contributed by atoms with van der Waals surface area (Å²) in [7, 11) is 1.48. The molecule has 1 aliphatic heterocycles. The summed E-state index contributed by atoms with van der Waals surface area (Å²) in [5.74, 6) is -3.75. The predicted molar refractivity (Wildman–Crippen MR) is 118 cm³/mol. The lowest BCUT2D eigenvalue weighted by molar-refractivity contribution is -0.123. The van der Waals surface area contributed by atoms with Gasteiger partial charge in [-0.1, -0.05) is 6.07 Å². The van der Waals surface area contributed by atoms with E-state index in [2.05, 4.69) is 20.3 Å². The smallest absolute Gasteiger partial charge is 0.272 e. The van der Waals surface area contributed by atoms with Gasteiger partial charge in [-0.3, -0.25) is 9.79 Å². The molecule has 1 saturated carbocycles. The van der Waals surface area contributed by atoms with Gasteiger partial charge in [0.2, 0.25) is 5.92 Å². The molecular weight excluding hydrogens is 451 g/mol. The molecule has 2 aromatic rings. The van der Waals surface area contributed by atoms with Crippen molar-refractivity contribution in [2.45, 2.75) is 63.4 Å². The molecule has 0 radical (unpaired) electrons. The number of benzene rings is 1. The van der Waals surface area contributed by atoms with Gasteiger partial charge >= 0.3 is 0 Å². The molecule has 2 aliphatic rings. The second-order valence-electron chi connectivity index (χ2n) is 8.92. The molecule has 1 amide bonds. The van der Waals surface area contributed by atoms with Crippen LogP contribution in [0.2, 0.25) is 0 Å². The van der Waals surface area contributed by atoms with E-state index in [-0.39, 0.29) is 29.9 Å². The molecule has 4 rings (SSSR count). The first kappa shape index (κ1) is 24.1. The first-order chi connectivity index (χ1) is 16.0. The van der Waals surface area contributed by atoms with Gasteiger partial charge in [0, 0.05) is 20.0 Å². The number of carbonyl (C=O) groups is 1. The van der Waals surface area contributed by atoms with Gasteiger partial charge in [0.25, 0.3) is 5.91 Å². The van der Waals surface area contributed by atoms with Crippen molar-refractivity contribution in [3.8, 4) is 0 Å². The molecule has 1 fully saturated rings. The lowest BCUT2D eigenvalue weighted by atomic mass is 10.0. The normalized spacial score (nSPS) is 21.9. The van der Waals surface area contributed by atoms with Crippen LogP contribution in [0.25, 0.3) is 0 Å². The third-order valence-corrected chi connectivity index (χ3v) is 6.08. The Labute approximate surface area is 194 Å². The van der Waals surface area contributed by atoms with Crippen molar-refractivity contribution in [1.29, 1.82) is 0 Å². The molecule has 2 heterocycles. The molecule has 34 heavy (non-hydrogen) atoms. The van der Waals surface area contributed by atoms with Gasteiger partial charge in [-0.25, -0.2) is 23.1 Å². The number of hydrogen-bond acceptors (Lipinski definition) is 7. The van der Waals surface area contributed by atoms with Crippen molar-refractivity contribution in [2.24, 2.45) is 4.99 Å². The third kappa shape index (κ3) is 5.05. The predicted octanol–water partition coefficient (Wildman–Crippen LogP) is 2.07. The Morgan fingerprint density at radius 1 is 1.24 bits per heavy atom. The summed E-state index contributed by atoms with van der Waals surface area (Å²) in [5, 5.41) is 23.1. The molecule has 8 nitrogen and oxygen atoms in total. The zero-order valence-electron chi connectivity index (χ0n) is 18.8. The highest BCUT2D eigenvalue weighted by Crippen LogP contribution is 2.29. The van der Waals surface area contributed by atoms with E-state index in [1.54, 1.807) is 0 Å². The van der Waals surface area contributed by atoms with E-state index in [9.17, 15) is 28.2 Å². The van der Waals surface area contributed by atoms with E-state index in [0.717, 1.165) is 19.1 Å². The van der Waals surface area contributed by atoms with Gasteiger partial charge in [0.15, 0.2) is 0 Å². The van der Waals surface area contributed by atoms with E-state index >= 15 is 0 Å². The van der Waals surface area contributed by atoms with Crippen molar-refractivity contribution < 1.29 is 28.2 Å². The number of amides is 1. The first-order valence-corrected chi connectivity index (χ1v) is 11.0. The summed E-state index contributed by atoms with van der Waals surface area (Å²) in [6.45, 7) is 0.846. The Hall–Kier alpha value is -3.05. The number of rotatable bonds is 7. The zero-order valence-corrected chi connectivity index (χ0v) is 18.8. The fourth-order valence-corrected chi connectivity index (χ4v) is 4.36. The average molecular weight is 477 g/mol. The van der Waals surface area contributed by atoms with Crippen LogP contribution in [0.15, 0.2) is 29.5 Å². The summed E-state index contributed by atoms with van der Waals surface area (Å²) in [6.07, 6.45) is -0.118. The van der Waals surface area contributed by atoms with E-state index in [4.69, 9.17) is 0 Å². The maximum Gasteiger partial charge on any atom is 0.272 e. The highest BCUT2D eigenvalue weighted by molar-refractivity contribution is 6.47. The van der Waals surface area contributed by atoms with Gasteiger partial charge in [-0.05, 0) is 43.0 Å². The molecule has 11 heteroatoms. The number of alkyl halides is 2. The average Bonchev–Trinajstić information content (AvgIpc) is 3.34. The largest absolute Gasteiger partial charge is 0.390 e. The van der Waals surface area contributed by atoms with Crippen LogP contribution in [0.3, 0.4) is 0 Å². The molecule has 0 saturated heterocycles. The monoisotopic (exact) mass is 477 g/mol. The fourth-order valence-electron chi connectivity index (χ4n) is 4.36. The zero-order chi connectivity index (χ0) is 24.6. The summed E-state index contributed by atoms with van der Waals surface area (Å²) >= 11 is 0. The molecule has 0 spiro atoms. The third-order valence-electron chi connectivity index (χ3n) is 6.08. The topological polar surface area (TPSA) is 111 Å². The van der Waals surface area contributed by atoms with Crippen molar-refractivity contribution in [3.05, 3.63) is 52.7 Å². The lowest BCUT2D eigenvalue weighted by Gasteiger charge is -2.22. The Morgan fingerprint density at radius 2 is 2.00 bits per heavy atom. The Morgan fingerprint density at radius 3 is 2.68 bits per heavy atom. The number of likely N-dealkylation sites (N-methyl/N-ethyl adjacent to an activating group) is 1. The van der Waals surface area contributed by atoms with Crippen LogP contribution in [0.5, 0.6) is 0 Å². The van der Waals surface area contributed by atoms with E-state index in [1.165, 1.54) is 24.3 Å². The number of halogens is 3. The Bertz CT molecular complexity index is 1120. The van der Waals surface area contributed by atoms with Crippen molar-refractivity contribution >= 4 is 17.4 Å². The number of carbonyl (C=O) groups excluding carboxylic acids is 1. The minimum atomic E-state index is -2.99. The van der Waals surface area contributed by atoms with E-state index in [0.29, 0.717) is 29.9 Å². The summed E-state index contributed by atoms with van der Waals surface area (Å²) in [6, 6.07) is 3.13. The Kier molecular flexibility index (Phi) is 6.59. The number of nitrogens with zero attached hydrogens (tertiary/aromatic N) is 4. The number of aliphatic imine (C=N–C) groups is 1. The van der Waals surface area contributed by atoms with Crippen LogP contribution >= 0.6 is 0 Å². The maximum absolute atomic E-state index is 13.9. The van der Waals surface area contributed by atoms with Crippen LogP contribution in [0, 0.1) is 5.82 Å². The molecule has 0 bridgehead atoms. The van der Waals surface area contributed by atoms with Gasteiger partial charge in [-0.2, -0.15) is 0 Å². The van der Waals surface area contributed by atoms with Gasteiger partial charge in [0.1, 0.15) is 23.7 Å². The molecule has 1 aromatic heterocycles. The minimum Gasteiger partial charge on any atom is -0.390 e. The fraction of sp³-hybridized carbons (Fsp3) is 0.478. The second kappa shape index (κ2) is 9.30. The number of aliphatic hydroxyl groups excluding tert-OH is 2. The standard InChI is InChI=1S/C23H26F3N5O3/c1-23(25,26)8-12-3-4-14(24)7-13(12)10-31(2)22(34)19-18-16(9-27-19)28-11-29-21(18)30-15-5-6-17(32)20(15)33/h3-4,7,11,15,17,20,32-33H,5-6,8-10H2,1-2H3,(H,28,29,30)/t15-,17-,20+/m1/s1. The maximum atomic E-state index is 13.9. The molecule has 0 unspecified atom stereocenters. The highest BCUT2D eigenvalue weighted by atomic mass is 19.3. The minimum absolute atomic E-state index is 0.0902. The van der Waals surface area contributed by atoms with E-state index in [1.807, 2.05) is 0 Å². The molecule has 3 atom stereocenters. The number of nitrogens with one attached hydrogen (secondary N) is 1. The van der Waals surface area contributed by atoms with Crippen molar-refractivity contribution in [3.63, 3.8) is 0 Å². The number of anilines is 1. The van der Waals surface area contributed by atoms with Crippen molar-refractivity contribution in [1.82, 2.24) is 14.9 Å². The van der Waals surface area contributed by atoms with Crippen LogP contribution in [0.1, 0.15) is 42.1 Å². The second-order valence-corrected chi connectivity index (χ2v) is 8.92. The molecular formula is C23H26F3N5O3. The van der Waals surface area contributed by atoms with Gasteiger partial charge in [-0.15, -0.1) is 0 Å². The summed E-state index contributed by atoms with van der Waals surface area (Å²) < 4.78 is 41.1. The lowest BCUT2D eigenvalue weighted by Crippen LogP contribution is -2.36. The van der Waals surface area contributed by atoms with Gasteiger partial charge in [0.05, 0.1) is 36.1 Å². The summed E-state index contributed by atoms with van der Waals surface area (Å²) in [5.41, 5.74) is 1.54. The SMILES string of the molecule is CN(Cc1cc(F)ccc1CC(C)(F)F)C(=O)C1=NCc2ncnc(N[C@@H]3CC[C@@H](O)[C@H]3O)c21. The summed E-state index contributed by atoms with van der Waals surface area (Å²) in [4.78, 5) is 27.3. The Balaban J connectivity index is 1.56. The van der Waals surface area contributed by atoms with Crippen LogP contribution in [-0.2, 0) is 24.3 Å². The van der Waals surface area contributed by atoms with E-state index < -0.39 is 42.3 Å². The molecule has 3 N–H and O–H groups in total. The number of fused-ring (bicyclic) bond motifs is 1.